The van der Waals surface area contributed by atoms with Crippen LogP contribution in [0.25, 0.3) is 28.1 Å². The lowest BCUT2D eigenvalue weighted by Gasteiger charge is -2.29. The van der Waals surface area contributed by atoms with E-state index in [-0.39, 0.29) is 18.7 Å². The van der Waals surface area contributed by atoms with Gasteiger partial charge in [-0.2, -0.15) is 13.2 Å². The van der Waals surface area contributed by atoms with Crippen LogP contribution in [0.1, 0.15) is 18.0 Å². The molecule has 0 amide bonds. The van der Waals surface area contributed by atoms with Gasteiger partial charge in [0.05, 0.1) is 13.2 Å². The Hall–Kier alpha value is -3.24. The summed E-state index contributed by atoms with van der Waals surface area (Å²) in [5, 5.41) is 18.9. The Morgan fingerprint density at radius 3 is 2.69 bits per heavy atom. The smallest absolute Gasteiger partial charge is 0.408 e. The maximum absolute atomic E-state index is 14.0. The fourth-order valence-corrected chi connectivity index (χ4v) is 4.26. The lowest BCUT2D eigenvalue weighted by molar-refractivity contribution is -0.184. The third-order valence-corrected chi connectivity index (χ3v) is 5.74. The predicted molar refractivity (Wildman–Crippen MR) is 111 cm³/mol. The average molecular weight is 443 g/mol. The number of hydrogen-bond donors (Lipinski definition) is 1. The highest BCUT2D eigenvalue weighted by molar-refractivity contribution is 5.86. The summed E-state index contributed by atoms with van der Waals surface area (Å²) in [7, 11) is 1.55. The van der Waals surface area contributed by atoms with Crippen LogP contribution in [0.15, 0.2) is 48.7 Å². The zero-order valence-electron chi connectivity index (χ0n) is 17.1. The topological polar surface area (TPSA) is 75.8 Å². The molecule has 1 aliphatic heterocycles. The number of fused-ring (bicyclic) bond motifs is 2. The van der Waals surface area contributed by atoms with E-state index in [2.05, 4.69) is 15.2 Å². The summed E-state index contributed by atoms with van der Waals surface area (Å²) in [5.74, 6) is 0.917. The summed E-state index contributed by atoms with van der Waals surface area (Å²) in [6.07, 6.45) is -3.54. The van der Waals surface area contributed by atoms with Gasteiger partial charge in [0.15, 0.2) is 11.5 Å². The van der Waals surface area contributed by atoms with E-state index in [0.717, 1.165) is 5.39 Å². The zero-order valence-corrected chi connectivity index (χ0v) is 17.1. The molecule has 0 spiro atoms. The van der Waals surface area contributed by atoms with Gasteiger partial charge in [-0.05, 0) is 30.2 Å². The first kappa shape index (κ1) is 20.7. The number of pyridine rings is 2. The minimum absolute atomic E-state index is 0.0245. The lowest BCUT2D eigenvalue weighted by Crippen LogP contribution is -2.37. The monoisotopic (exact) mass is 443 g/mol. The molecular weight excluding hydrogens is 423 g/mol. The van der Waals surface area contributed by atoms with Crippen molar-refractivity contribution in [2.45, 2.75) is 24.7 Å². The molecule has 7 nitrogen and oxygen atoms in total. The molecule has 1 N–H and O–H groups in total. The summed E-state index contributed by atoms with van der Waals surface area (Å²) in [4.78, 5) is 5.89. The van der Waals surface area contributed by atoms with Crippen molar-refractivity contribution >= 4 is 16.6 Å². The van der Waals surface area contributed by atoms with Crippen molar-refractivity contribution in [2.75, 3.05) is 20.2 Å². The molecule has 2 unspecified atom stereocenters. The van der Waals surface area contributed by atoms with Gasteiger partial charge in [0, 0.05) is 24.7 Å². The van der Waals surface area contributed by atoms with Crippen LogP contribution in [0.3, 0.4) is 0 Å². The van der Waals surface area contributed by atoms with Gasteiger partial charge < -0.3 is 9.84 Å². The standard InChI is InChI=1S/C22H20F3N5O2/c1-32-17-4-2-3-13-5-7-16(26-19(13)17)21-28-27-18-8-6-14(11-30(18)21)20(22(23,24)25)29-10-9-15(31)12-29/h2-8,11,15,20,31H,9-10,12H2,1H3. The van der Waals surface area contributed by atoms with Crippen LogP contribution < -0.4 is 4.74 Å². The Balaban J connectivity index is 1.62. The number of rotatable bonds is 4. The maximum Gasteiger partial charge on any atom is 0.408 e. The van der Waals surface area contributed by atoms with Crippen molar-refractivity contribution in [3.63, 3.8) is 0 Å². The number of alkyl halides is 3. The Bertz CT molecular complexity index is 1290. The molecule has 32 heavy (non-hydrogen) atoms. The van der Waals surface area contributed by atoms with Crippen LogP contribution in [0.5, 0.6) is 5.75 Å². The van der Waals surface area contributed by atoms with Crippen LogP contribution in [0, 0.1) is 0 Å². The molecule has 166 valence electrons. The van der Waals surface area contributed by atoms with E-state index in [1.807, 2.05) is 18.2 Å². The number of aliphatic hydroxyl groups excluding tert-OH is 1. The summed E-state index contributed by atoms with van der Waals surface area (Å²) in [6, 6.07) is 10.2. The Labute approximate surface area is 181 Å². The molecule has 10 heteroatoms. The van der Waals surface area contributed by atoms with Gasteiger partial charge in [-0.3, -0.25) is 9.30 Å². The van der Waals surface area contributed by atoms with Gasteiger partial charge in [0.2, 0.25) is 0 Å². The van der Waals surface area contributed by atoms with Gasteiger partial charge in [-0.1, -0.05) is 24.3 Å². The van der Waals surface area contributed by atoms with Crippen molar-refractivity contribution in [3.8, 4) is 17.3 Å². The second-order valence-electron chi connectivity index (χ2n) is 7.82. The SMILES string of the molecule is COc1cccc2ccc(-c3nnc4ccc(C(N5CCC(O)C5)C(F)(F)F)cn34)nc12. The highest BCUT2D eigenvalue weighted by atomic mass is 19.4. The van der Waals surface area contributed by atoms with E-state index in [4.69, 9.17) is 4.74 Å². The van der Waals surface area contributed by atoms with E-state index in [9.17, 15) is 18.3 Å². The first-order valence-corrected chi connectivity index (χ1v) is 10.1. The molecule has 1 aliphatic rings. The average Bonchev–Trinajstić information content (AvgIpc) is 3.38. The second kappa shape index (κ2) is 7.72. The number of benzene rings is 1. The Kier molecular flexibility index (Phi) is 4.98. The van der Waals surface area contributed by atoms with Crippen LogP contribution >= 0.6 is 0 Å². The zero-order chi connectivity index (χ0) is 22.5. The normalized spacial score (nSPS) is 18.5. The second-order valence-corrected chi connectivity index (χ2v) is 7.82. The molecule has 0 saturated carbocycles. The number of ether oxygens (including phenoxy) is 1. The predicted octanol–water partition coefficient (Wildman–Crippen LogP) is 3.62. The first-order valence-electron chi connectivity index (χ1n) is 10.1. The molecular formula is C22H20F3N5O2. The number of nitrogens with zero attached hydrogens (tertiary/aromatic N) is 5. The number of methoxy groups -OCH3 is 1. The number of hydrogen-bond acceptors (Lipinski definition) is 6. The van der Waals surface area contributed by atoms with Gasteiger partial charge in [0.1, 0.15) is 23.0 Å². The third kappa shape index (κ3) is 3.55. The third-order valence-electron chi connectivity index (χ3n) is 5.74. The molecule has 1 saturated heterocycles. The van der Waals surface area contributed by atoms with Crippen molar-refractivity contribution in [3.05, 3.63) is 54.2 Å². The fourth-order valence-electron chi connectivity index (χ4n) is 4.26. The minimum Gasteiger partial charge on any atom is -0.494 e. The number of halogens is 3. The molecule has 4 aromatic rings. The summed E-state index contributed by atoms with van der Waals surface area (Å²) in [6.45, 7) is 0.147. The van der Waals surface area contributed by atoms with Crippen LogP contribution in [-0.4, -0.2) is 62.1 Å². The van der Waals surface area contributed by atoms with E-state index < -0.39 is 18.3 Å². The summed E-state index contributed by atoms with van der Waals surface area (Å²) >= 11 is 0. The molecule has 0 bridgehead atoms. The van der Waals surface area contributed by atoms with Crippen LogP contribution in [0.2, 0.25) is 0 Å². The van der Waals surface area contributed by atoms with Crippen molar-refractivity contribution in [1.82, 2.24) is 24.5 Å². The number of β-amino-alcohol motifs (C(OH)–C–C–N with tert-alkyl or cyclic N) is 1. The number of para-hydroxylation sites is 1. The van der Waals surface area contributed by atoms with E-state index >= 15 is 0 Å². The highest BCUT2D eigenvalue weighted by Gasteiger charge is 2.46. The van der Waals surface area contributed by atoms with Gasteiger partial charge in [-0.25, -0.2) is 4.98 Å². The molecule has 1 fully saturated rings. The maximum atomic E-state index is 14.0. The van der Waals surface area contributed by atoms with Gasteiger partial charge >= 0.3 is 6.18 Å². The van der Waals surface area contributed by atoms with Crippen molar-refractivity contribution in [2.24, 2.45) is 0 Å². The summed E-state index contributed by atoms with van der Waals surface area (Å²) < 4.78 is 48.9. The lowest BCUT2D eigenvalue weighted by atomic mass is 10.1. The molecule has 0 radical (unpaired) electrons. The molecule has 1 aromatic carbocycles. The number of aromatic nitrogens is 4. The first-order chi connectivity index (χ1) is 15.3. The fraction of sp³-hybridized carbons (Fsp3) is 0.318. The summed E-state index contributed by atoms with van der Waals surface area (Å²) in [5.41, 5.74) is 1.55. The Morgan fingerprint density at radius 1 is 1.12 bits per heavy atom. The molecule has 5 rings (SSSR count). The molecule has 2 atom stereocenters. The molecule has 0 aliphatic carbocycles. The largest absolute Gasteiger partial charge is 0.494 e. The number of aliphatic hydroxyl groups is 1. The quantitative estimate of drug-likeness (QED) is 0.519. The van der Waals surface area contributed by atoms with E-state index in [1.54, 1.807) is 19.2 Å². The molecule has 3 aromatic heterocycles. The van der Waals surface area contributed by atoms with Gasteiger partial charge in [0.25, 0.3) is 0 Å². The highest BCUT2D eigenvalue weighted by Crippen LogP contribution is 2.39. The van der Waals surface area contributed by atoms with Crippen LogP contribution in [-0.2, 0) is 0 Å². The van der Waals surface area contributed by atoms with E-state index in [1.165, 1.54) is 27.6 Å². The number of likely N-dealkylation sites (tertiary alicyclic amines) is 1. The molecule has 4 heterocycles. The Morgan fingerprint density at radius 2 is 1.97 bits per heavy atom. The van der Waals surface area contributed by atoms with Crippen molar-refractivity contribution in [1.29, 1.82) is 0 Å². The van der Waals surface area contributed by atoms with Gasteiger partial charge in [-0.15, -0.1) is 10.2 Å². The minimum atomic E-state index is -4.50. The van der Waals surface area contributed by atoms with Crippen LogP contribution in [0.4, 0.5) is 13.2 Å². The van der Waals surface area contributed by atoms with Crippen molar-refractivity contribution < 1.29 is 23.0 Å². The van der Waals surface area contributed by atoms with E-state index in [0.29, 0.717) is 34.9 Å².